The van der Waals surface area contributed by atoms with Crippen molar-refractivity contribution in [1.29, 1.82) is 0 Å². The molecule has 2 rings (SSSR count). The molecule has 1 atom stereocenters. The minimum atomic E-state index is -3.25. The van der Waals surface area contributed by atoms with E-state index in [1.54, 1.807) is 0 Å². The number of hydrogen-bond donors (Lipinski definition) is 2. The van der Waals surface area contributed by atoms with Crippen LogP contribution >= 0.6 is 0 Å². The number of aliphatic hydroxyl groups excluding tert-OH is 1. The lowest BCUT2D eigenvalue weighted by Crippen LogP contribution is -2.43. The lowest BCUT2D eigenvalue weighted by atomic mass is 9.77. The molecule has 1 amide bonds. The molecule has 1 aromatic rings. The van der Waals surface area contributed by atoms with Crippen molar-refractivity contribution in [3.8, 4) is 0 Å². The predicted octanol–water partition coefficient (Wildman–Crippen LogP) is 1.07. The maximum Gasteiger partial charge on any atom is 0.287 e. The second kappa shape index (κ2) is 4.41. The normalized spacial score (nSPS) is 18.2. The molecule has 0 spiro atoms. The molecule has 0 fully saturated rings. The molecule has 92 valence electrons. The molecule has 0 aromatic heterocycles. The molecular weight excluding hydrogens is 228 g/mol. The van der Waals surface area contributed by atoms with E-state index in [0.717, 1.165) is 11.1 Å². The van der Waals surface area contributed by atoms with Gasteiger partial charge in [0.25, 0.3) is 5.92 Å². The van der Waals surface area contributed by atoms with Gasteiger partial charge in [-0.05, 0) is 17.5 Å². The number of hydrogen-bond acceptors (Lipinski definition) is 2. The number of alkyl halides is 2. The molecule has 3 nitrogen and oxygen atoms in total. The van der Waals surface area contributed by atoms with Crippen molar-refractivity contribution in [1.82, 2.24) is 5.32 Å². The number of rotatable bonds is 4. The number of aliphatic hydroxyl groups is 1. The zero-order valence-corrected chi connectivity index (χ0v) is 9.12. The largest absolute Gasteiger partial charge is 0.390 e. The standard InChI is InChI=1S/C12H13F2NO2/c13-12(14,7-16)6-15-11(17)10-5-8-3-1-2-4-9(8)10/h1-4,10,16H,5-7H2,(H,15,17). The van der Waals surface area contributed by atoms with Gasteiger partial charge in [0.15, 0.2) is 0 Å². The summed E-state index contributed by atoms with van der Waals surface area (Å²) in [5.41, 5.74) is 1.99. The fourth-order valence-corrected chi connectivity index (χ4v) is 1.89. The van der Waals surface area contributed by atoms with Gasteiger partial charge in [0.05, 0.1) is 12.5 Å². The van der Waals surface area contributed by atoms with Crippen LogP contribution in [0.2, 0.25) is 0 Å². The maximum atomic E-state index is 12.7. The Morgan fingerprint density at radius 3 is 2.82 bits per heavy atom. The van der Waals surface area contributed by atoms with E-state index in [1.807, 2.05) is 24.3 Å². The van der Waals surface area contributed by atoms with Gasteiger partial charge >= 0.3 is 0 Å². The van der Waals surface area contributed by atoms with Crippen molar-refractivity contribution in [2.75, 3.05) is 13.2 Å². The second-order valence-electron chi connectivity index (χ2n) is 4.19. The molecule has 0 aliphatic heterocycles. The molecule has 1 aromatic carbocycles. The average Bonchev–Trinajstić information content (AvgIpc) is 2.28. The van der Waals surface area contributed by atoms with Crippen molar-refractivity contribution in [3.63, 3.8) is 0 Å². The number of benzene rings is 1. The lowest BCUT2D eigenvalue weighted by Gasteiger charge is -2.29. The first-order valence-corrected chi connectivity index (χ1v) is 5.38. The SMILES string of the molecule is O=C(NCC(F)(F)CO)C1Cc2ccccc21. The molecule has 1 aliphatic carbocycles. The zero-order chi connectivity index (χ0) is 12.5. The van der Waals surface area contributed by atoms with E-state index in [1.165, 1.54) is 0 Å². The Morgan fingerprint density at radius 2 is 2.18 bits per heavy atom. The van der Waals surface area contributed by atoms with Crippen molar-refractivity contribution >= 4 is 5.91 Å². The zero-order valence-electron chi connectivity index (χ0n) is 9.12. The molecule has 0 saturated carbocycles. The van der Waals surface area contributed by atoms with E-state index in [0.29, 0.717) is 6.42 Å². The summed E-state index contributed by atoms with van der Waals surface area (Å²) in [5.74, 6) is -3.99. The van der Waals surface area contributed by atoms with Gasteiger partial charge in [0, 0.05) is 0 Å². The Balaban J connectivity index is 1.92. The molecule has 0 bridgehead atoms. The highest BCUT2D eigenvalue weighted by Gasteiger charge is 2.34. The summed E-state index contributed by atoms with van der Waals surface area (Å²) in [5, 5.41) is 10.5. The summed E-state index contributed by atoms with van der Waals surface area (Å²) in [6, 6.07) is 7.45. The van der Waals surface area contributed by atoms with Crippen LogP contribution in [0.4, 0.5) is 8.78 Å². The third kappa shape index (κ3) is 2.44. The Morgan fingerprint density at radius 1 is 1.47 bits per heavy atom. The van der Waals surface area contributed by atoms with Gasteiger partial charge in [-0.2, -0.15) is 0 Å². The molecule has 0 heterocycles. The highest BCUT2D eigenvalue weighted by Crippen LogP contribution is 2.34. The Kier molecular flexibility index (Phi) is 3.11. The van der Waals surface area contributed by atoms with Crippen LogP contribution in [0.3, 0.4) is 0 Å². The number of carbonyl (C=O) groups is 1. The Labute approximate surface area is 97.5 Å². The summed E-state index contributed by atoms with van der Waals surface area (Å²) >= 11 is 0. The van der Waals surface area contributed by atoms with Crippen LogP contribution in [-0.2, 0) is 11.2 Å². The molecular formula is C12H13F2NO2. The van der Waals surface area contributed by atoms with Crippen LogP contribution in [0, 0.1) is 0 Å². The molecule has 1 aliphatic rings. The first kappa shape index (κ1) is 12.0. The van der Waals surface area contributed by atoms with Crippen LogP contribution in [0.5, 0.6) is 0 Å². The van der Waals surface area contributed by atoms with E-state index in [4.69, 9.17) is 5.11 Å². The van der Waals surface area contributed by atoms with Crippen LogP contribution in [-0.4, -0.2) is 30.1 Å². The number of nitrogens with one attached hydrogen (secondary N) is 1. The van der Waals surface area contributed by atoms with Gasteiger partial charge in [-0.25, -0.2) is 8.78 Å². The van der Waals surface area contributed by atoms with E-state index in [2.05, 4.69) is 5.32 Å². The molecule has 2 N–H and O–H groups in total. The van der Waals surface area contributed by atoms with Crippen molar-refractivity contribution in [2.45, 2.75) is 18.3 Å². The number of halogens is 2. The van der Waals surface area contributed by atoms with Crippen molar-refractivity contribution < 1.29 is 18.7 Å². The van der Waals surface area contributed by atoms with Crippen LogP contribution < -0.4 is 5.32 Å². The minimum Gasteiger partial charge on any atom is -0.390 e. The fourth-order valence-electron chi connectivity index (χ4n) is 1.89. The summed E-state index contributed by atoms with van der Waals surface area (Å²) in [6.45, 7) is -2.07. The molecule has 0 saturated heterocycles. The van der Waals surface area contributed by atoms with E-state index in [-0.39, 0.29) is 5.92 Å². The van der Waals surface area contributed by atoms with Crippen molar-refractivity contribution in [2.24, 2.45) is 0 Å². The van der Waals surface area contributed by atoms with Crippen LogP contribution in [0.15, 0.2) is 24.3 Å². The maximum absolute atomic E-state index is 12.7. The van der Waals surface area contributed by atoms with Gasteiger partial charge in [-0.15, -0.1) is 0 Å². The van der Waals surface area contributed by atoms with Gasteiger partial charge in [0.1, 0.15) is 6.61 Å². The van der Waals surface area contributed by atoms with Crippen LogP contribution in [0.25, 0.3) is 0 Å². The monoisotopic (exact) mass is 241 g/mol. The summed E-state index contributed by atoms with van der Waals surface area (Å²) in [7, 11) is 0. The summed E-state index contributed by atoms with van der Waals surface area (Å²) in [6.07, 6.45) is 0.590. The number of fused-ring (bicyclic) bond motifs is 1. The Bertz CT molecular complexity index is 434. The van der Waals surface area contributed by atoms with E-state index >= 15 is 0 Å². The Hall–Kier alpha value is -1.49. The molecule has 5 heteroatoms. The quantitative estimate of drug-likeness (QED) is 0.828. The first-order chi connectivity index (χ1) is 8.03. The lowest BCUT2D eigenvalue weighted by molar-refractivity contribution is -0.126. The highest BCUT2D eigenvalue weighted by atomic mass is 19.3. The smallest absolute Gasteiger partial charge is 0.287 e. The minimum absolute atomic E-state index is 0.333. The topological polar surface area (TPSA) is 49.3 Å². The van der Waals surface area contributed by atoms with Crippen molar-refractivity contribution in [3.05, 3.63) is 35.4 Å². The third-order valence-corrected chi connectivity index (χ3v) is 2.92. The van der Waals surface area contributed by atoms with Gasteiger partial charge in [-0.3, -0.25) is 4.79 Å². The summed E-state index contributed by atoms with van der Waals surface area (Å²) < 4.78 is 25.5. The molecule has 0 radical (unpaired) electrons. The van der Waals surface area contributed by atoms with Gasteiger partial charge < -0.3 is 10.4 Å². The average molecular weight is 241 g/mol. The second-order valence-corrected chi connectivity index (χ2v) is 4.19. The van der Waals surface area contributed by atoms with Gasteiger partial charge in [0.2, 0.25) is 5.91 Å². The fraction of sp³-hybridized carbons (Fsp3) is 0.417. The van der Waals surface area contributed by atoms with E-state index < -0.39 is 25.0 Å². The number of amides is 1. The summed E-state index contributed by atoms with van der Waals surface area (Å²) in [4.78, 5) is 11.6. The van der Waals surface area contributed by atoms with E-state index in [9.17, 15) is 13.6 Å². The molecule has 1 unspecified atom stereocenters. The first-order valence-electron chi connectivity index (χ1n) is 5.38. The number of carbonyl (C=O) groups excluding carboxylic acids is 1. The highest BCUT2D eigenvalue weighted by molar-refractivity contribution is 5.86. The van der Waals surface area contributed by atoms with Crippen LogP contribution in [0.1, 0.15) is 17.0 Å². The third-order valence-electron chi connectivity index (χ3n) is 2.92. The molecule has 17 heavy (non-hydrogen) atoms. The van der Waals surface area contributed by atoms with Gasteiger partial charge in [-0.1, -0.05) is 24.3 Å². The predicted molar refractivity (Wildman–Crippen MR) is 57.9 cm³/mol.